The fourth-order valence-corrected chi connectivity index (χ4v) is 5.66. The van der Waals surface area contributed by atoms with E-state index in [1.54, 1.807) is 0 Å². The molecule has 5 aromatic carbocycles. The van der Waals surface area contributed by atoms with E-state index in [-0.39, 0.29) is 24.4 Å². The molecule has 1 aliphatic rings. The molecule has 0 radical (unpaired) electrons. The van der Waals surface area contributed by atoms with E-state index in [0.717, 1.165) is 48.8 Å². The molecule has 0 aliphatic carbocycles. The van der Waals surface area contributed by atoms with Gasteiger partial charge in [0.1, 0.15) is 23.0 Å². The summed E-state index contributed by atoms with van der Waals surface area (Å²) in [6.45, 7) is 2.05. The second kappa shape index (κ2) is 15.6. The van der Waals surface area contributed by atoms with Crippen LogP contribution < -0.4 is 25.0 Å². The molecule has 0 saturated carbocycles. The molecule has 8 nitrogen and oxygen atoms in total. The van der Waals surface area contributed by atoms with Gasteiger partial charge in [0.25, 0.3) is 0 Å². The number of carbonyl (C=O) groups excluding carboxylic acids is 2. The molecule has 0 aromatic heterocycles. The topological polar surface area (TPSA) is 83.1 Å². The van der Waals surface area contributed by atoms with Crippen molar-refractivity contribution in [1.82, 2.24) is 4.90 Å². The molecule has 8 heteroatoms. The van der Waals surface area contributed by atoms with Crippen LogP contribution in [0.25, 0.3) is 0 Å². The minimum atomic E-state index is -0.0902. The Morgan fingerprint density at radius 2 is 1.00 bits per heavy atom. The highest BCUT2D eigenvalue weighted by Gasteiger charge is 2.27. The molecule has 2 amide bonds. The number of hydrogen-bond acceptors (Lipinski definition) is 6. The minimum absolute atomic E-state index is 0.0559. The lowest BCUT2D eigenvalue weighted by molar-refractivity contribution is -0.117. The van der Waals surface area contributed by atoms with Crippen LogP contribution in [0.2, 0.25) is 0 Å². The first-order valence-corrected chi connectivity index (χ1v) is 15.9. The van der Waals surface area contributed by atoms with Gasteiger partial charge in [-0.3, -0.25) is 14.5 Å². The number of likely N-dealkylation sites (tertiary alicyclic amines) is 1. The van der Waals surface area contributed by atoms with Crippen molar-refractivity contribution >= 4 is 28.9 Å². The van der Waals surface area contributed by atoms with Gasteiger partial charge >= 0.3 is 0 Å². The van der Waals surface area contributed by atoms with E-state index in [1.165, 1.54) is 0 Å². The van der Waals surface area contributed by atoms with Crippen LogP contribution in [0.15, 0.2) is 140 Å². The SMILES string of the molecule is O=C(CN1CCC(N(CC(=O)Nc2ccc(Oc3ccccc3)cc2)c2ccccc2)CC1)Nc1ccc(Oc2ccccc2)cc1. The van der Waals surface area contributed by atoms with Crippen LogP contribution >= 0.6 is 0 Å². The van der Waals surface area contributed by atoms with Gasteiger partial charge in [-0.05, 0) is 97.8 Å². The number of piperidine rings is 1. The molecular weight excluding hydrogens is 588 g/mol. The lowest BCUT2D eigenvalue weighted by Gasteiger charge is -2.39. The third-order valence-corrected chi connectivity index (χ3v) is 8.00. The maximum atomic E-state index is 13.3. The zero-order valence-corrected chi connectivity index (χ0v) is 26.1. The van der Waals surface area contributed by atoms with Crippen molar-refractivity contribution in [1.29, 1.82) is 0 Å². The first kappa shape index (κ1) is 31.4. The van der Waals surface area contributed by atoms with Crippen molar-refractivity contribution in [2.24, 2.45) is 0 Å². The van der Waals surface area contributed by atoms with Gasteiger partial charge < -0.3 is 25.0 Å². The van der Waals surface area contributed by atoms with E-state index in [4.69, 9.17) is 9.47 Å². The van der Waals surface area contributed by atoms with Crippen LogP contribution in [0, 0.1) is 0 Å². The molecule has 0 atom stereocenters. The number of benzene rings is 5. The van der Waals surface area contributed by atoms with E-state index in [0.29, 0.717) is 23.7 Å². The fourth-order valence-electron chi connectivity index (χ4n) is 5.66. The van der Waals surface area contributed by atoms with Crippen LogP contribution in [0.1, 0.15) is 12.8 Å². The third-order valence-electron chi connectivity index (χ3n) is 8.00. The molecule has 47 heavy (non-hydrogen) atoms. The molecule has 0 spiro atoms. The summed E-state index contributed by atoms with van der Waals surface area (Å²) in [6, 6.07) is 44.2. The minimum Gasteiger partial charge on any atom is -0.457 e. The number of hydrogen-bond donors (Lipinski definition) is 2. The molecule has 1 aliphatic heterocycles. The Kier molecular flexibility index (Phi) is 10.4. The van der Waals surface area contributed by atoms with E-state index < -0.39 is 0 Å². The largest absolute Gasteiger partial charge is 0.457 e. The molecule has 0 unspecified atom stereocenters. The Hall–Kier alpha value is -5.60. The molecule has 238 valence electrons. The lowest BCUT2D eigenvalue weighted by Crippen LogP contribution is -2.49. The lowest BCUT2D eigenvalue weighted by atomic mass is 10.0. The summed E-state index contributed by atoms with van der Waals surface area (Å²) in [5, 5.41) is 6.04. The van der Waals surface area contributed by atoms with E-state index in [1.807, 2.05) is 140 Å². The highest BCUT2D eigenvalue weighted by Crippen LogP contribution is 2.26. The summed E-state index contributed by atoms with van der Waals surface area (Å²) in [5.74, 6) is 2.78. The Labute approximate surface area is 275 Å². The summed E-state index contributed by atoms with van der Waals surface area (Å²) in [4.78, 5) is 30.5. The quantitative estimate of drug-likeness (QED) is 0.147. The predicted octanol–water partition coefficient (Wildman–Crippen LogP) is 7.82. The van der Waals surface area contributed by atoms with Crippen molar-refractivity contribution in [3.63, 3.8) is 0 Å². The zero-order valence-electron chi connectivity index (χ0n) is 26.1. The van der Waals surface area contributed by atoms with Gasteiger partial charge in [0.2, 0.25) is 11.8 Å². The number of ether oxygens (including phenoxy) is 2. The predicted molar refractivity (Wildman–Crippen MR) is 186 cm³/mol. The van der Waals surface area contributed by atoms with Gasteiger partial charge in [0.05, 0.1) is 13.1 Å². The van der Waals surface area contributed by atoms with Gasteiger partial charge in [0, 0.05) is 36.2 Å². The number of nitrogens with one attached hydrogen (secondary N) is 2. The van der Waals surface area contributed by atoms with Crippen molar-refractivity contribution in [2.45, 2.75) is 18.9 Å². The second-order valence-corrected chi connectivity index (χ2v) is 11.4. The monoisotopic (exact) mass is 626 g/mol. The van der Waals surface area contributed by atoms with Gasteiger partial charge in [-0.1, -0.05) is 54.6 Å². The summed E-state index contributed by atoms with van der Waals surface area (Å²) in [7, 11) is 0. The molecular formula is C39H38N4O4. The number of rotatable bonds is 12. The first-order valence-electron chi connectivity index (χ1n) is 15.9. The summed E-state index contributed by atoms with van der Waals surface area (Å²) < 4.78 is 11.7. The summed E-state index contributed by atoms with van der Waals surface area (Å²) in [6.07, 6.45) is 1.68. The maximum Gasteiger partial charge on any atom is 0.243 e. The Morgan fingerprint density at radius 3 is 1.49 bits per heavy atom. The van der Waals surface area contributed by atoms with Crippen LogP contribution in [0.4, 0.5) is 17.1 Å². The second-order valence-electron chi connectivity index (χ2n) is 11.4. The molecule has 6 rings (SSSR count). The average molecular weight is 627 g/mol. The molecule has 1 heterocycles. The van der Waals surface area contributed by atoms with Crippen LogP contribution in [0.3, 0.4) is 0 Å². The van der Waals surface area contributed by atoms with E-state index in [2.05, 4.69) is 20.4 Å². The number of nitrogens with zero attached hydrogens (tertiary/aromatic N) is 2. The van der Waals surface area contributed by atoms with E-state index in [9.17, 15) is 9.59 Å². The summed E-state index contributed by atoms with van der Waals surface area (Å²) >= 11 is 0. The fraction of sp³-hybridized carbons (Fsp3) is 0.179. The van der Waals surface area contributed by atoms with Gasteiger partial charge in [-0.25, -0.2) is 0 Å². The van der Waals surface area contributed by atoms with Gasteiger partial charge in [0.15, 0.2) is 0 Å². The normalized spacial score (nSPS) is 13.4. The van der Waals surface area contributed by atoms with Crippen molar-refractivity contribution in [2.75, 3.05) is 41.7 Å². The smallest absolute Gasteiger partial charge is 0.243 e. The van der Waals surface area contributed by atoms with Crippen LogP contribution in [-0.2, 0) is 9.59 Å². The Balaban J connectivity index is 0.992. The highest BCUT2D eigenvalue weighted by molar-refractivity contribution is 5.94. The Bertz CT molecular complexity index is 1710. The maximum absolute atomic E-state index is 13.3. The van der Waals surface area contributed by atoms with Crippen molar-refractivity contribution < 1.29 is 19.1 Å². The molecule has 2 N–H and O–H groups in total. The van der Waals surface area contributed by atoms with E-state index >= 15 is 0 Å². The molecule has 1 fully saturated rings. The zero-order chi connectivity index (χ0) is 32.3. The first-order chi connectivity index (χ1) is 23.1. The summed E-state index contributed by atoms with van der Waals surface area (Å²) in [5.41, 5.74) is 2.44. The molecule has 1 saturated heterocycles. The number of para-hydroxylation sites is 3. The highest BCUT2D eigenvalue weighted by atomic mass is 16.5. The van der Waals surface area contributed by atoms with Gasteiger partial charge in [-0.15, -0.1) is 0 Å². The standard InChI is InChI=1S/C39H38N4O4/c44-38(40-30-16-20-36(21-17-30)46-34-12-6-2-7-13-34)28-42-26-24-33(25-27-42)43(32-10-4-1-5-11-32)29-39(45)41-31-18-22-37(23-19-31)47-35-14-8-3-9-15-35/h1-23,33H,24-29H2,(H,40,44)(H,41,45). The number of amides is 2. The average Bonchev–Trinajstić information content (AvgIpc) is 3.11. The number of anilines is 3. The molecule has 0 bridgehead atoms. The van der Waals surface area contributed by atoms with Crippen molar-refractivity contribution in [3.8, 4) is 23.0 Å². The van der Waals surface area contributed by atoms with Crippen LogP contribution in [-0.4, -0.2) is 48.9 Å². The van der Waals surface area contributed by atoms with Crippen molar-refractivity contribution in [3.05, 3.63) is 140 Å². The third kappa shape index (κ3) is 9.22. The number of carbonyl (C=O) groups is 2. The van der Waals surface area contributed by atoms with Crippen LogP contribution in [0.5, 0.6) is 23.0 Å². The molecule has 5 aromatic rings. The van der Waals surface area contributed by atoms with Gasteiger partial charge in [-0.2, -0.15) is 0 Å². The Morgan fingerprint density at radius 1 is 0.574 bits per heavy atom.